The molecule has 0 bridgehead atoms. The van der Waals surface area contributed by atoms with E-state index in [1.807, 2.05) is 0 Å². The second-order valence-corrected chi connectivity index (χ2v) is 6.59. The molecule has 4 heteroatoms. The maximum Gasteiger partial charge on any atom is 0.237 e. The molecular formula is C14H27N3O. The van der Waals surface area contributed by atoms with Crippen molar-refractivity contribution in [2.75, 3.05) is 6.54 Å². The Balaban J connectivity index is 2.03. The average Bonchev–Trinajstić information content (AvgIpc) is 3.09. The Morgan fingerprint density at radius 1 is 1.33 bits per heavy atom. The van der Waals surface area contributed by atoms with Crippen molar-refractivity contribution >= 4 is 5.91 Å². The van der Waals surface area contributed by atoms with Gasteiger partial charge in [0.1, 0.15) is 0 Å². The lowest BCUT2D eigenvalue weighted by atomic mass is 9.78. The van der Waals surface area contributed by atoms with E-state index in [1.54, 1.807) is 0 Å². The summed E-state index contributed by atoms with van der Waals surface area (Å²) in [7, 11) is 0. The van der Waals surface area contributed by atoms with Crippen molar-refractivity contribution in [1.82, 2.24) is 4.90 Å². The Bertz CT molecular complexity index is 314. The molecule has 0 aromatic rings. The smallest absolute Gasteiger partial charge is 0.237 e. The molecule has 0 spiro atoms. The van der Waals surface area contributed by atoms with E-state index < -0.39 is 5.54 Å². The zero-order chi connectivity index (χ0) is 13.3. The summed E-state index contributed by atoms with van der Waals surface area (Å²) in [4.78, 5) is 14.1. The third-order valence-electron chi connectivity index (χ3n) is 4.31. The Kier molecular flexibility index (Phi) is 3.97. The molecule has 0 heterocycles. The Labute approximate surface area is 110 Å². The quantitative estimate of drug-likeness (QED) is 0.774. The fourth-order valence-corrected chi connectivity index (χ4v) is 3.21. The van der Waals surface area contributed by atoms with Gasteiger partial charge in [-0.2, -0.15) is 0 Å². The monoisotopic (exact) mass is 253 g/mol. The number of carbonyl (C=O) groups is 1. The van der Waals surface area contributed by atoms with E-state index in [0.717, 1.165) is 38.3 Å². The predicted octanol–water partition coefficient (Wildman–Crippen LogP) is 1.23. The summed E-state index contributed by atoms with van der Waals surface area (Å²) in [5.74, 6) is 0.334. The first-order chi connectivity index (χ1) is 8.42. The lowest BCUT2D eigenvalue weighted by Crippen LogP contribution is -2.58. The van der Waals surface area contributed by atoms with E-state index in [9.17, 15) is 4.79 Å². The molecule has 0 aromatic carbocycles. The number of amides is 1. The van der Waals surface area contributed by atoms with Crippen LogP contribution in [0.15, 0.2) is 0 Å². The van der Waals surface area contributed by atoms with Crippen LogP contribution >= 0.6 is 0 Å². The largest absolute Gasteiger partial charge is 0.368 e. The molecule has 2 atom stereocenters. The maximum atomic E-state index is 11.5. The first-order valence-electron chi connectivity index (χ1n) is 7.27. The highest BCUT2D eigenvalue weighted by Gasteiger charge is 2.43. The lowest BCUT2D eigenvalue weighted by molar-refractivity contribution is -0.125. The lowest BCUT2D eigenvalue weighted by Gasteiger charge is -2.42. The summed E-state index contributed by atoms with van der Waals surface area (Å²) >= 11 is 0. The third kappa shape index (κ3) is 3.04. The number of primary amides is 1. The van der Waals surface area contributed by atoms with Gasteiger partial charge in [0.05, 0.1) is 5.54 Å². The Morgan fingerprint density at radius 2 is 2.00 bits per heavy atom. The van der Waals surface area contributed by atoms with Crippen molar-refractivity contribution in [3.8, 4) is 0 Å². The van der Waals surface area contributed by atoms with Crippen LogP contribution in [-0.4, -0.2) is 35.0 Å². The molecule has 0 aromatic heterocycles. The number of rotatable bonds is 5. The average molecular weight is 253 g/mol. The molecule has 0 saturated heterocycles. The van der Waals surface area contributed by atoms with Crippen LogP contribution in [0.4, 0.5) is 0 Å². The first kappa shape index (κ1) is 13.8. The van der Waals surface area contributed by atoms with Gasteiger partial charge < -0.3 is 11.5 Å². The van der Waals surface area contributed by atoms with Gasteiger partial charge in [-0.05, 0) is 44.4 Å². The molecule has 104 valence electrons. The van der Waals surface area contributed by atoms with Crippen molar-refractivity contribution in [2.45, 2.75) is 70.0 Å². The van der Waals surface area contributed by atoms with Gasteiger partial charge in [0.25, 0.3) is 0 Å². The maximum absolute atomic E-state index is 11.5. The minimum Gasteiger partial charge on any atom is -0.368 e. The van der Waals surface area contributed by atoms with Crippen LogP contribution in [0.3, 0.4) is 0 Å². The van der Waals surface area contributed by atoms with Crippen LogP contribution in [0, 0.1) is 5.92 Å². The molecular weight excluding hydrogens is 226 g/mol. The van der Waals surface area contributed by atoms with Crippen LogP contribution in [-0.2, 0) is 4.79 Å². The van der Waals surface area contributed by atoms with Crippen molar-refractivity contribution in [3.05, 3.63) is 0 Å². The molecule has 18 heavy (non-hydrogen) atoms. The molecule has 2 saturated carbocycles. The number of nitrogens with two attached hydrogens (primary N) is 2. The molecule has 0 aliphatic heterocycles. The first-order valence-corrected chi connectivity index (χ1v) is 7.27. The molecule has 2 rings (SSSR count). The summed E-state index contributed by atoms with van der Waals surface area (Å²) in [6.45, 7) is 5.62. The van der Waals surface area contributed by atoms with Crippen LogP contribution in [0.5, 0.6) is 0 Å². The van der Waals surface area contributed by atoms with Gasteiger partial charge in [0.2, 0.25) is 5.91 Å². The van der Waals surface area contributed by atoms with Gasteiger partial charge in [-0.25, -0.2) is 0 Å². The SMILES string of the molecule is CC(C)CN(C1CC1)C1CCCC(N)(C(N)=O)C1. The zero-order valence-corrected chi connectivity index (χ0v) is 11.7. The number of carbonyl (C=O) groups excluding carboxylic acids is 1. The molecule has 4 nitrogen and oxygen atoms in total. The normalized spacial score (nSPS) is 33.1. The standard InChI is InChI=1S/C14H27N3O/c1-10(2)9-17(11-5-6-11)12-4-3-7-14(16,8-12)13(15)18/h10-12H,3-9,16H2,1-2H3,(H2,15,18). The fourth-order valence-electron chi connectivity index (χ4n) is 3.21. The van der Waals surface area contributed by atoms with E-state index in [-0.39, 0.29) is 5.91 Å². The highest BCUT2D eigenvalue weighted by Crippen LogP contribution is 2.36. The van der Waals surface area contributed by atoms with Crippen molar-refractivity contribution in [1.29, 1.82) is 0 Å². The van der Waals surface area contributed by atoms with Gasteiger partial charge in [0.15, 0.2) is 0 Å². The van der Waals surface area contributed by atoms with Crippen LogP contribution in [0.2, 0.25) is 0 Å². The van der Waals surface area contributed by atoms with Crippen molar-refractivity contribution in [3.63, 3.8) is 0 Å². The minimum atomic E-state index is -0.771. The van der Waals surface area contributed by atoms with Gasteiger partial charge in [0, 0.05) is 18.6 Å². The predicted molar refractivity (Wildman–Crippen MR) is 72.9 cm³/mol. The number of hydrogen-bond donors (Lipinski definition) is 2. The van der Waals surface area contributed by atoms with Crippen LogP contribution < -0.4 is 11.5 Å². The van der Waals surface area contributed by atoms with E-state index >= 15 is 0 Å². The summed E-state index contributed by atoms with van der Waals surface area (Å²) in [6, 6.07) is 1.18. The molecule has 2 aliphatic carbocycles. The van der Waals surface area contributed by atoms with Gasteiger partial charge >= 0.3 is 0 Å². The van der Waals surface area contributed by atoms with Gasteiger partial charge in [-0.1, -0.05) is 13.8 Å². The molecule has 2 unspecified atom stereocenters. The van der Waals surface area contributed by atoms with E-state index in [4.69, 9.17) is 11.5 Å². The molecule has 0 radical (unpaired) electrons. The van der Waals surface area contributed by atoms with Crippen LogP contribution in [0.1, 0.15) is 52.4 Å². The van der Waals surface area contributed by atoms with Crippen molar-refractivity contribution in [2.24, 2.45) is 17.4 Å². The summed E-state index contributed by atoms with van der Waals surface area (Å²) < 4.78 is 0. The molecule has 1 amide bonds. The molecule has 4 N–H and O–H groups in total. The second-order valence-electron chi connectivity index (χ2n) is 6.59. The topological polar surface area (TPSA) is 72.3 Å². The molecule has 2 aliphatic rings. The van der Waals surface area contributed by atoms with E-state index in [1.165, 1.54) is 12.8 Å². The van der Waals surface area contributed by atoms with E-state index in [2.05, 4.69) is 18.7 Å². The molecule has 2 fully saturated rings. The fraction of sp³-hybridized carbons (Fsp3) is 0.929. The van der Waals surface area contributed by atoms with Crippen LogP contribution in [0.25, 0.3) is 0 Å². The minimum absolute atomic E-state index is 0.326. The Hall–Kier alpha value is -0.610. The van der Waals surface area contributed by atoms with Gasteiger partial charge in [-0.15, -0.1) is 0 Å². The number of nitrogens with zero attached hydrogens (tertiary/aromatic N) is 1. The summed E-state index contributed by atoms with van der Waals surface area (Å²) in [5, 5.41) is 0. The van der Waals surface area contributed by atoms with Crippen molar-refractivity contribution < 1.29 is 4.79 Å². The third-order valence-corrected chi connectivity index (χ3v) is 4.31. The zero-order valence-electron chi connectivity index (χ0n) is 11.7. The highest BCUT2D eigenvalue weighted by atomic mass is 16.1. The second kappa shape index (κ2) is 5.17. The summed E-state index contributed by atoms with van der Waals surface area (Å²) in [5.41, 5.74) is 10.9. The van der Waals surface area contributed by atoms with Gasteiger partial charge in [-0.3, -0.25) is 9.69 Å². The van der Waals surface area contributed by atoms with E-state index in [0.29, 0.717) is 12.0 Å². The summed E-state index contributed by atoms with van der Waals surface area (Å²) in [6.07, 6.45) is 6.28. The highest BCUT2D eigenvalue weighted by molar-refractivity contribution is 5.84. The Morgan fingerprint density at radius 3 is 2.50 bits per heavy atom. The number of hydrogen-bond acceptors (Lipinski definition) is 3.